The molecule has 0 saturated carbocycles. The second-order valence-corrected chi connectivity index (χ2v) is 4.48. The molecule has 0 atom stereocenters. The zero-order chi connectivity index (χ0) is 11.5. The third-order valence-electron chi connectivity index (χ3n) is 3.15. The summed E-state index contributed by atoms with van der Waals surface area (Å²) >= 11 is 0. The molecule has 86 valence electrons. The molecule has 2 nitrogen and oxygen atoms in total. The van der Waals surface area contributed by atoms with Crippen LogP contribution in [-0.4, -0.2) is 18.2 Å². The maximum Gasteiger partial charge on any atom is 0.0480 e. The summed E-state index contributed by atoms with van der Waals surface area (Å²) in [4.78, 5) is 0. The highest BCUT2D eigenvalue weighted by Crippen LogP contribution is 2.21. The molecule has 0 bridgehead atoms. The largest absolute Gasteiger partial charge is 0.350 e. The minimum absolute atomic E-state index is 1.09. The molecule has 0 amide bonds. The molecular formula is C14H20N2. The first-order valence-electron chi connectivity index (χ1n) is 5.91. The highest BCUT2D eigenvalue weighted by molar-refractivity contribution is 5.84. The molecular weight excluding hydrogens is 196 g/mol. The van der Waals surface area contributed by atoms with Crippen LogP contribution in [0, 0.1) is 6.92 Å². The maximum absolute atomic E-state index is 3.19. The lowest BCUT2D eigenvalue weighted by Crippen LogP contribution is -2.08. The van der Waals surface area contributed by atoms with Crippen LogP contribution in [-0.2, 0) is 13.5 Å². The van der Waals surface area contributed by atoms with Crippen molar-refractivity contribution in [2.45, 2.75) is 19.8 Å². The third-order valence-corrected chi connectivity index (χ3v) is 3.15. The Morgan fingerprint density at radius 2 is 2.12 bits per heavy atom. The van der Waals surface area contributed by atoms with Crippen molar-refractivity contribution in [2.75, 3.05) is 13.6 Å². The normalized spacial score (nSPS) is 11.2. The van der Waals surface area contributed by atoms with Crippen molar-refractivity contribution in [3.8, 4) is 0 Å². The highest BCUT2D eigenvalue weighted by Gasteiger charge is 2.03. The molecule has 2 aromatic rings. The molecule has 0 fully saturated rings. The maximum atomic E-state index is 3.19. The van der Waals surface area contributed by atoms with E-state index in [2.05, 4.69) is 48.3 Å². The molecule has 0 spiro atoms. The van der Waals surface area contributed by atoms with Crippen molar-refractivity contribution in [3.63, 3.8) is 0 Å². The van der Waals surface area contributed by atoms with Gasteiger partial charge in [0.25, 0.3) is 0 Å². The van der Waals surface area contributed by atoms with Crippen LogP contribution in [0.2, 0.25) is 0 Å². The first-order valence-corrected chi connectivity index (χ1v) is 5.91. The molecule has 0 unspecified atom stereocenters. The Balaban J connectivity index is 2.25. The summed E-state index contributed by atoms with van der Waals surface area (Å²) in [7, 11) is 4.11. The van der Waals surface area contributed by atoms with Gasteiger partial charge in [-0.2, -0.15) is 0 Å². The minimum atomic E-state index is 1.09. The molecule has 16 heavy (non-hydrogen) atoms. The van der Waals surface area contributed by atoms with E-state index in [4.69, 9.17) is 0 Å². The molecule has 1 heterocycles. The van der Waals surface area contributed by atoms with Gasteiger partial charge < -0.3 is 9.88 Å². The summed E-state index contributed by atoms with van der Waals surface area (Å²) in [5.74, 6) is 0. The van der Waals surface area contributed by atoms with Crippen molar-refractivity contribution in [2.24, 2.45) is 7.05 Å². The van der Waals surface area contributed by atoms with Gasteiger partial charge >= 0.3 is 0 Å². The average molecular weight is 216 g/mol. The smallest absolute Gasteiger partial charge is 0.0480 e. The van der Waals surface area contributed by atoms with Gasteiger partial charge in [0.2, 0.25) is 0 Å². The zero-order valence-corrected chi connectivity index (χ0v) is 10.4. The van der Waals surface area contributed by atoms with E-state index in [-0.39, 0.29) is 0 Å². The third kappa shape index (κ3) is 2.12. The van der Waals surface area contributed by atoms with Crippen LogP contribution >= 0.6 is 0 Å². The SMILES string of the molecule is CNCCCc1ccc2c(c1)c(C)cn2C. The Kier molecular flexibility index (Phi) is 3.30. The lowest BCUT2D eigenvalue weighted by atomic mass is 10.1. The van der Waals surface area contributed by atoms with Crippen molar-refractivity contribution >= 4 is 10.9 Å². The van der Waals surface area contributed by atoms with Crippen LogP contribution < -0.4 is 5.32 Å². The molecule has 0 aliphatic carbocycles. The number of fused-ring (bicyclic) bond motifs is 1. The number of rotatable bonds is 4. The van der Waals surface area contributed by atoms with Crippen LogP contribution in [0.4, 0.5) is 0 Å². The van der Waals surface area contributed by atoms with Gasteiger partial charge in [0.1, 0.15) is 0 Å². The van der Waals surface area contributed by atoms with Crippen molar-refractivity contribution < 1.29 is 0 Å². The lowest BCUT2D eigenvalue weighted by Gasteiger charge is -2.03. The van der Waals surface area contributed by atoms with Crippen molar-refractivity contribution in [3.05, 3.63) is 35.5 Å². The zero-order valence-electron chi connectivity index (χ0n) is 10.4. The Morgan fingerprint density at radius 3 is 2.88 bits per heavy atom. The van der Waals surface area contributed by atoms with Gasteiger partial charge in [0, 0.05) is 24.1 Å². The van der Waals surface area contributed by atoms with Gasteiger partial charge in [-0.15, -0.1) is 0 Å². The summed E-state index contributed by atoms with van der Waals surface area (Å²) in [6, 6.07) is 6.81. The van der Waals surface area contributed by atoms with Crippen LogP contribution in [0.5, 0.6) is 0 Å². The molecule has 0 aliphatic rings. The lowest BCUT2D eigenvalue weighted by molar-refractivity contribution is 0.725. The molecule has 1 aromatic heterocycles. The van der Waals surface area contributed by atoms with Gasteiger partial charge in [-0.05, 0) is 56.6 Å². The van der Waals surface area contributed by atoms with Gasteiger partial charge in [-0.3, -0.25) is 0 Å². The van der Waals surface area contributed by atoms with Crippen LogP contribution in [0.1, 0.15) is 17.5 Å². The first-order chi connectivity index (χ1) is 7.72. The van der Waals surface area contributed by atoms with E-state index >= 15 is 0 Å². The first kappa shape index (κ1) is 11.2. The molecule has 0 radical (unpaired) electrons. The number of benzene rings is 1. The predicted octanol–water partition coefficient (Wildman–Crippen LogP) is 2.64. The average Bonchev–Trinajstić information content (AvgIpc) is 2.55. The predicted molar refractivity (Wildman–Crippen MR) is 69.9 cm³/mol. The second-order valence-electron chi connectivity index (χ2n) is 4.48. The van der Waals surface area contributed by atoms with E-state index in [9.17, 15) is 0 Å². The molecule has 0 saturated heterocycles. The molecule has 2 heteroatoms. The fourth-order valence-corrected chi connectivity index (χ4v) is 2.26. The van der Waals surface area contributed by atoms with Crippen LogP contribution in [0.15, 0.2) is 24.4 Å². The summed E-state index contributed by atoms with van der Waals surface area (Å²) < 4.78 is 2.20. The van der Waals surface area contributed by atoms with Crippen molar-refractivity contribution in [1.82, 2.24) is 9.88 Å². The topological polar surface area (TPSA) is 17.0 Å². The summed E-state index contributed by atoms with van der Waals surface area (Å²) in [6.07, 6.45) is 4.56. The molecule has 1 N–H and O–H groups in total. The van der Waals surface area contributed by atoms with Gasteiger partial charge in [-0.25, -0.2) is 0 Å². The van der Waals surface area contributed by atoms with E-state index in [1.807, 2.05) is 7.05 Å². The number of nitrogens with one attached hydrogen (secondary N) is 1. The molecule has 1 aromatic carbocycles. The molecule has 0 aliphatic heterocycles. The Hall–Kier alpha value is -1.28. The summed E-state index contributed by atoms with van der Waals surface area (Å²) in [5.41, 5.74) is 4.14. The summed E-state index contributed by atoms with van der Waals surface area (Å²) in [6.45, 7) is 3.27. The van der Waals surface area contributed by atoms with E-state index in [0.29, 0.717) is 0 Å². The fourth-order valence-electron chi connectivity index (χ4n) is 2.26. The number of aryl methyl sites for hydroxylation is 3. The van der Waals surface area contributed by atoms with E-state index in [1.54, 1.807) is 0 Å². The van der Waals surface area contributed by atoms with Crippen LogP contribution in [0.25, 0.3) is 10.9 Å². The number of aromatic nitrogens is 1. The Bertz CT molecular complexity index is 483. The number of nitrogens with zero attached hydrogens (tertiary/aromatic N) is 1. The monoisotopic (exact) mass is 216 g/mol. The van der Waals surface area contributed by atoms with Gasteiger partial charge in [-0.1, -0.05) is 6.07 Å². The quantitative estimate of drug-likeness (QED) is 0.777. The Labute approximate surface area is 97.3 Å². The van der Waals surface area contributed by atoms with E-state index < -0.39 is 0 Å². The van der Waals surface area contributed by atoms with Gasteiger partial charge in [0.15, 0.2) is 0 Å². The van der Waals surface area contributed by atoms with E-state index in [1.165, 1.54) is 28.5 Å². The highest BCUT2D eigenvalue weighted by atomic mass is 14.9. The van der Waals surface area contributed by atoms with Crippen molar-refractivity contribution in [1.29, 1.82) is 0 Å². The molecule has 2 rings (SSSR count). The second kappa shape index (κ2) is 4.71. The number of hydrogen-bond acceptors (Lipinski definition) is 1. The standard InChI is InChI=1S/C14H20N2/c1-11-10-16(3)14-7-6-12(9-13(11)14)5-4-8-15-2/h6-7,9-10,15H,4-5,8H2,1-3H3. The Morgan fingerprint density at radius 1 is 1.31 bits per heavy atom. The minimum Gasteiger partial charge on any atom is -0.350 e. The van der Waals surface area contributed by atoms with E-state index in [0.717, 1.165) is 13.0 Å². The number of hydrogen-bond donors (Lipinski definition) is 1. The summed E-state index contributed by atoms with van der Waals surface area (Å²) in [5, 5.41) is 4.58. The van der Waals surface area contributed by atoms with Crippen LogP contribution in [0.3, 0.4) is 0 Å². The van der Waals surface area contributed by atoms with Gasteiger partial charge in [0.05, 0.1) is 0 Å². The fraction of sp³-hybridized carbons (Fsp3) is 0.429.